The van der Waals surface area contributed by atoms with Crippen molar-refractivity contribution in [3.8, 4) is 0 Å². The van der Waals surface area contributed by atoms with E-state index in [1.807, 2.05) is 19.1 Å². The smallest absolute Gasteiger partial charge is 0.290 e. The molecule has 1 aliphatic rings. The summed E-state index contributed by atoms with van der Waals surface area (Å²) in [6, 6.07) is 9.91. The van der Waals surface area contributed by atoms with Crippen molar-refractivity contribution in [2.24, 2.45) is 0 Å². The summed E-state index contributed by atoms with van der Waals surface area (Å²) in [5.41, 5.74) is 10.3. The molecular formula is C15H16N4O. The molecule has 2 aromatic rings. The predicted octanol–water partition coefficient (Wildman–Crippen LogP) is 1.94. The Labute approximate surface area is 117 Å². The number of hydrogen-bond donors (Lipinski definition) is 3. The van der Waals surface area contributed by atoms with Gasteiger partial charge in [-0.15, -0.1) is 0 Å². The Morgan fingerprint density at radius 3 is 3.00 bits per heavy atom. The van der Waals surface area contributed by atoms with Crippen molar-refractivity contribution < 1.29 is 4.79 Å². The zero-order valence-electron chi connectivity index (χ0n) is 11.2. The van der Waals surface area contributed by atoms with Gasteiger partial charge in [-0.3, -0.25) is 20.7 Å². The third-order valence-corrected chi connectivity index (χ3v) is 3.32. The molecule has 0 unspecified atom stereocenters. The van der Waals surface area contributed by atoms with Crippen molar-refractivity contribution in [3.05, 3.63) is 58.9 Å². The molecule has 0 saturated heterocycles. The van der Waals surface area contributed by atoms with E-state index in [2.05, 4.69) is 39.3 Å². The number of aromatic nitrogens is 2. The molecule has 1 amide bonds. The molecule has 0 aliphatic heterocycles. The number of benzene rings is 1. The molecule has 0 spiro atoms. The van der Waals surface area contributed by atoms with Crippen LogP contribution >= 0.6 is 0 Å². The lowest BCUT2D eigenvalue weighted by molar-refractivity contribution is 0.0937. The number of carbonyl (C=O) groups excluding carboxylic acids is 1. The van der Waals surface area contributed by atoms with Gasteiger partial charge in [0.15, 0.2) is 5.69 Å². The molecule has 0 bridgehead atoms. The first-order valence-electron chi connectivity index (χ1n) is 6.61. The average Bonchev–Trinajstić information content (AvgIpc) is 2.91. The van der Waals surface area contributed by atoms with Crippen LogP contribution in [0.2, 0.25) is 0 Å². The van der Waals surface area contributed by atoms with Crippen LogP contribution in [0, 0.1) is 6.92 Å². The van der Waals surface area contributed by atoms with Crippen LogP contribution in [0.5, 0.6) is 0 Å². The van der Waals surface area contributed by atoms with Gasteiger partial charge < -0.3 is 0 Å². The summed E-state index contributed by atoms with van der Waals surface area (Å²) in [6.07, 6.45) is 4.10. The Kier molecular flexibility index (Phi) is 3.25. The number of hydrazine groups is 1. The Hall–Kier alpha value is -2.56. The van der Waals surface area contributed by atoms with Crippen molar-refractivity contribution in [2.45, 2.75) is 19.8 Å². The summed E-state index contributed by atoms with van der Waals surface area (Å²) < 4.78 is 0. The molecule has 1 aromatic heterocycles. The molecule has 0 saturated carbocycles. The molecule has 0 fully saturated rings. The van der Waals surface area contributed by atoms with E-state index in [0.29, 0.717) is 5.69 Å². The van der Waals surface area contributed by atoms with Gasteiger partial charge in [-0.1, -0.05) is 30.3 Å². The van der Waals surface area contributed by atoms with E-state index in [0.717, 1.165) is 29.8 Å². The third-order valence-electron chi connectivity index (χ3n) is 3.32. The second-order valence-corrected chi connectivity index (χ2v) is 4.83. The highest BCUT2D eigenvalue weighted by Crippen LogP contribution is 2.23. The molecule has 1 aromatic carbocycles. The number of rotatable bonds is 3. The predicted molar refractivity (Wildman–Crippen MR) is 76.7 cm³/mol. The fourth-order valence-electron chi connectivity index (χ4n) is 2.32. The fraction of sp³-hybridized carbons (Fsp3) is 0.200. The Morgan fingerprint density at radius 2 is 2.20 bits per heavy atom. The van der Waals surface area contributed by atoms with E-state index in [1.165, 1.54) is 5.56 Å². The quantitative estimate of drug-likeness (QED) is 0.745. The van der Waals surface area contributed by atoms with Gasteiger partial charge in [-0.05, 0) is 31.4 Å². The SMILES string of the molecule is Cc1cc(C(=O)NNC2=CCCc3ccccc32)n[nH]1. The van der Waals surface area contributed by atoms with Crippen molar-refractivity contribution in [3.63, 3.8) is 0 Å². The minimum Gasteiger partial charge on any atom is -0.298 e. The lowest BCUT2D eigenvalue weighted by Gasteiger charge is -2.19. The van der Waals surface area contributed by atoms with E-state index in [9.17, 15) is 4.79 Å². The topological polar surface area (TPSA) is 69.8 Å². The van der Waals surface area contributed by atoms with Crippen LogP contribution < -0.4 is 10.9 Å². The minimum atomic E-state index is -0.252. The van der Waals surface area contributed by atoms with E-state index in [1.54, 1.807) is 6.07 Å². The number of amides is 1. The molecule has 1 heterocycles. The number of fused-ring (bicyclic) bond motifs is 1. The summed E-state index contributed by atoms with van der Waals surface area (Å²) in [7, 11) is 0. The Bertz CT molecular complexity index is 672. The molecule has 0 atom stereocenters. The number of nitrogens with zero attached hydrogens (tertiary/aromatic N) is 1. The normalized spacial score (nSPS) is 13.3. The maximum Gasteiger partial charge on any atom is 0.290 e. The maximum absolute atomic E-state index is 11.9. The summed E-state index contributed by atoms with van der Waals surface area (Å²) in [4.78, 5) is 11.9. The number of aromatic amines is 1. The monoisotopic (exact) mass is 268 g/mol. The van der Waals surface area contributed by atoms with Gasteiger partial charge >= 0.3 is 0 Å². The number of H-pyrrole nitrogens is 1. The first-order chi connectivity index (χ1) is 9.74. The molecule has 20 heavy (non-hydrogen) atoms. The second kappa shape index (κ2) is 5.21. The standard InChI is InChI=1S/C15H16N4O/c1-10-9-14(18-16-10)15(20)19-17-13-8-4-6-11-5-2-3-7-12(11)13/h2-3,5,7-9,17H,4,6H2,1H3,(H,16,18)(H,19,20). The van der Waals surface area contributed by atoms with Crippen molar-refractivity contribution in [1.29, 1.82) is 0 Å². The lowest BCUT2D eigenvalue weighted by atomic mass is 9.95. The van der Waals surface area contributed by atoms with Gasteiger partial charge in [0.05, 0.1) is 5.70 Å². The van der Waals surface area contributed by atoms with Crippen LogP contribution in [-0.4, -0.2) is 16.1 Å². The van der Waals surface area contributed by atoms with Crippen molar-refractivity contribution >= 4 is 11.6 Å². The van der Waals surface area contributed by atoms with Crippen LogP contribution in [0.1, 0.15) is 33.7 Å². The zero-order chi connectivity index (χ0) is 13.9. The number of carbonyl (C=O) groups is 1. The molecule has 3 rings (SSSR count). The molecule has 5 nitrogen and oxygen atoms in total. The van der Waals surface area contributed by atoms with Gasteiger partial charge in [0.1, 0.15) is 0 Å². The Morgan fingerprint density at radius 1 is 1.35 bits per heavy atom. The van der Waals surface area contributed by atoms with E-state index >= 15 is 0 Å². The highest BCUT2D eigenvalue weighted by atomic mass is 16.2. The molecule has 1 aliphatic carbocycles. The Balaban J connectivity index is 1.70. The summed E-state index contributed by atoms with van der Waals surface area (Å²) in [6.45, 7) is 1.86. The summed E-state index contributed by atoms with van der Waals surface area (Å²) in [5, 5.41) is 6.68. The lowest BCUT2D eigenvalue weighted by Crippen LogP contribution is -2.37. The number of aryl methyl sites for hydroxylation is 2. The molecule has 0 radical (unpaired) electrons. The van der Waals surface area contributed by atoms with Crippen molar-refractivity contribution in [1.82, 2.24) is 21.0 Å². The van der Waals surface area contributed by atoms with Crippen LogP contribution in [0.15, 0.2) is 36.4 Å². The highest BCUT2D eigenvalue weighted by Gasteiger charge is 2.13. The number of allylic oxidation sites excluding steroid dienone is 1. The second-order valence-electron chi connectivity index (χ2n) is 4.83. The number of nitrogens with one attached hydrogen (secondary N) is 3. The highest BCUT2D eigenvalue weighted by molar-refractivity contribution is 5.92. The maximum atomic E-state index is 11.9. The molecule has 5 heteroatoms. The first-order valence-corrected chi connectivity index (χ1v) is 6.61. The van der Waals surface area contributed by atoms with Crippen LogP contribution in [0.4, 0.5) is 0 Å². The van der Waals surface area contributed by atoms with Gasteiger partial charge in [0, 0.05) is 11.3 Å². The minimum absolute atomic E-state index is 0.252. The zero-order valence-corrected chi connectivity index (χ0v) is 11.2. The fourth-order valence-corrected chi connectivity index (χ4v) is 2.32. The summed E-state index contributed by atoms with van der Waals surface area (Å²) >= 11 is 0. The van der Waals surface area contributed by atoms with Gasteiger partial charge in [0.2, 0.25) is 0 Å². The van der Waals surface area contributed by atoms with Gasteiger partial charge in [-0.2, -0.15) is 5.10 Å². The van der Waals surface area contributed by atoms with E-state index < -0.39 is 0 Å². The number of hydrogen-bond acceptors (Lipinski definition) is 3. The third kappa shape index (κ3) is 2.42. The van der Waals surface area contributed by atoms with Crippen molar-refractivity contribution in [2.75, 3.05) is 0 Å². The van der Waals surface area contributed by atoms with Crippen LogP contribution in [0.3, 0.4) is 0 Å². The van der Waals surface area contributed by atoms with Gasteiger partial charge in [0.25, 0.3) is 5.91 Å². The largest absolute Gasteiger partial charge is 0.298 e. The average molecular weight is 268 g/mol. The first kappa shape index (κ1) is 12.5. The summed E-state index contributed by atoms with van der Waals surface area (Å²) in [5.74, 6) is -0.252. The van der Waals surface area contributed by atoms with Gasteiger partial charge in [-0.25, -0.2) is 0 Å². The molecular weight excluding hydrogens is 252 g/mol. The van der Waals surface area contributed by atoms with E-state index in [4.69, 9.17) is 0 Å². The molecule has 3 N–H and O–H groups in total. The van der Waals surface area contributed by atoms with Crippen LogP contribution in [0.25, 0.3) is 5.70 Å². The van der Waals surface area contributed by atoms with Crippen LogP contribution in [-0.2, 0) is 6.42 Å². The van der Waals surface area contributed by atoms with E-state index in [-0.39, 0.29) is 5.91 Å². The molecule has 102 valence electrons.